The van der Waals surface area contributed by atoms with Gasteiger partial charge in [0.1, 0.15) is 0 Å². The maximum absolute atomic E-state index is 13.3. The predicted octanol–water partition coefficient (Wildman–Crippen LogP) is 4.23. The molecule has 0 aromatic heterocycles. The van der Waals surface area contributed by atoms with Crippen LogP contribution in [0.25, 0.3) is 0 Å². The smallest absolute Gasteiger partial charge is 0.248 e. The summed E-state index contributed by atoms with van der Waals surface area (Å²) in [6.07, 6.45) is 5.66. The van der Waals surface area contributed by atoms with Gasteiger partial charge < -0.3 is 5.32 Å². The Morgan fingerprint density at radius 1 is 1.22 bits per heavy atom. The number of halogens is 2. The molecular formula is C15H27F2N. The minimum absolute atomic E-state index is 0.0994. The third-order valence-corrected chi connectivity index (χ3v) is 5.29. The number of hydrogen-bond acceptors (Lipinski definition) is 1. The van der Waals surface area contributed by atoms with Crippen LogP contribution in [0.1, 0.15) is 58.8 Å². The number of alkyl halides is 2. The third kappa shape index (κ3) is 3.04. The molecule has 0 bridgehead atoms. The first-order valence-electron chi connectivity index (χ1n) is 7.39. The van der Waals surface area contributed by atoms with Gasteiger partial charge in [-0.2, -0.15) is 0 Å². The molecule has 3 unspecified atom stereocenters. The van der Waals surface area contributed by atoms with Crippen LogP contribution in [-0.4, -0.2) is 19.0 Å². The van der Waals surface area contributed by atoms with E-state index in [0.717, 1.165) is 6.42 Å². The molecule has 2 fully saturated rings. The lowest BCUT2D eigenvalue weighted by atomic mass is 9.75. The lowest BCUT2D eigenvalue weighted by Gasteiger charge is -2.35. The second-order valence-corrected chi connectivity index (χ2v) is 7.08. The molecule has 18 heavy (non-hydrogen) atoms. The van der Waals surface area contributed by atoms with Crippen LogP contribution in [0.5, 0.6) is 0 Å². The molecule has 106 valence electrons. The molecular weight excluding hydrogens is 232 g/mol. The van der Waals surface area contributed by atoms with E-state index in [1.165, 1.54) is 19.3 Å². The summed E-state index contributed by atoms with van der Waals surface area (Å²) in [5.74, 6) is -1.53. The van der Waals surface area contributed by atoms with E-state index in [2.05, 4.69) is 19.2 Å². The zero-order valence-corrected chi connectivity index (χ0v) is 11.9. The molecule has 0 amide bonds. The Morgan fingerprint density at radius 3 is 2.39 bits per heavy atom. The van der Waals surface area contributed by atoms with E-state index in [1.54, 1.807) is 0 Å². The van der Waals surface area contributed by atoms with Crippen molar-refractivity contribution in [3.63, 3.8) is 0 Å². The van der Waals surface area contributed by atoms with E-state index in [4.69, 9.17) is 0 Å². The van der Waals surface area contributed by atoms with E-state index in [9.17, 15) is 8.78 Å². The fourth-order valence-electron chi connectivity index (χ4n) is 4.18. The molecule has 2 aliphatic carbocycles. The SMILES string of the molecule is CNC(CC1CCC(F)(F)C1)C1CCCC1(C)C. The van der Waals surface area contributed by atoms with Crippen LogP contribution in [0.3, 0.4) is 0 Å². The molecule has 3 heteroatoms. The quantitative estimate of drug-likeness (QED) is 0.797. The molecule has 0 aliphatic heterocycles. The number of rotatable bonds is 4. The van der Waals surface area contributed by atoms with Crippen molar-refractivity contribution < 1.29 is 8.78 Å². The molecule has 0 radical (unpaired) electrons. The molecule has 0 saturated heterocycles. The topological polar surface area (TPSA) is 12.0 Å². The van der Waals surface area contributed by atoms with Gasteiger partial charge in [0.2, 0.25) is 5.92 Å². The van der Waals surface area contributed by atoms with Crippen molar-refractivity contribution in [1.29, 1.82) is 0 Å². The van der Waals surface area contributed by atoms with Gasteiger partial charge in [0.25, 0.3) is 0 Å². The highest BCUT2D eigenvalue weighted by Gasteiger charge is 2.43. The van der Waals surface area contributed by atoms with Crippen LogP contribution in [0, 0.1) is 17.3 Å². The lowest BCUT2D eigenvalue weighted by molar-refractivity contribution is 0.00375. The summed E-state index contributed by atoms with van der Waals surface area (Å²) in [4.78, 5) is 0. The Kier molecular flexibility index (Phi) is 4.01. The minimum atomic E-state index is -2.39. The van der Waals surface area contributed by atoms with Crippen LogP contribution in [0.2, 0.25) is 0 Å². The van der Waals surface area contributed by atoms with Gasteiger partial charge in [0.15, 0.2) is 0 Å². The van der Waals surface area contributed by atoms with Gasteiger partial charge in [-0.25, -0.2) is 8.78 Å². The first-order valence-corrected chi connectivity index (χ1v) is 7.39. The third-order valence-electron chi connectivity index (χ3n) is 5.29. The molecule has 3 atom stereocenters. The summed E-state index contributed by atoms with van der Waals surface area (Å²) in [5.41, 5.74) is 0.370. The Morgan fingerprint density at radius 2 is 1.94 bits per heavy atom. The largest absolute Gasteiger partial charge is 0.317 e. The highest BCUT2D eigenvalue weighted by atomic mass is 19.3. The molecule has 1 N–H and O–H groups in total. The average Bonchev–Trinajstić information content (AvgIpc) is 2.78. The van der Waals surface area contributed by atoms with E-state index in [1.807, 2.05) is 7.05 Å². The van der Waals surface area contributed by atoms with Crippen LogP contribution < -0.4 is 5.32 Å². The van der Waals surface area contributed by atoms with E-state index in [0.29, 0.717) is 23.8 Å². The number of hydrogen-bond donors (Lipinski definition) is 1. The fraction of sp³-hybridized carbons (Fsp3) is 1.00. The fourth-order valence-corrected chi connectivity index (χ4v) is 4.18. The summed E-state index contributed by atoms with van der Waals surface area (Å²) in [5, 5.41) is 3.41. The first kappa shape index (κ1) is 14.2. The Hall–Kier alpha value is -0.180. The second kappa shape index (κ2) is 5.07. The van der Waals surface area contributed by atoms with Crippen molar-refractivity contribution >= 4 is 0 Å². The van der Waals surface area contributed by atoms with E-state index in [-0.39, 0.29) is 18.8 Å². The van der Waals surface area contributed by atoms with Gasteiger partial charge in [0, 0.05) is 18.9 Å². The van der Waals surface area contributed by atoms with Gasteiger partial charge in [-0.05, 0) is 50.0 Å². The molecule has 0 aromatic carbocycles. The zero-order valence-electron chi connectivity index (χ0n) is 11.9. The van der Waals surface area contributed by atoms with Crippen molar-refractivity contribution in [2.45, 2.75) is 70.8 Å². The molecule has 0 heterocycles. The first-order chi connectivity index (χ1) is 8.34. The molecule has 2 aliphatic rings. The second-order valence-electron chi connectivity index (χ2n) is 7.08. The minimum Gasteiger partial charge on any atom is -0.317 e. The summed E-state index contributed by atoms with van der Waals surface area (Å²) >= 11 is 0. The summed E-state index contributed by atoms with van der Waals surface area (Å²) < 4.78 is 26.5. The van der Waals surface area contributed by atoms with Crippen molar-refractivity contribution in [1.82, 2.24) is 5.32 Å². The van der Waals surface area contributed by atoms with E-state index >= 15 is 0 Å². The molecule has 1 nitrogen and oxygen atoms in total. The highest BCUT2D eigenvalue weighted by Crippen LogP contribution is 2.47. The molecule has 0 aromatic rings. The van der Waals surface area contributed by atoms with Gasteiger partial charge in [-0.1, -0.05) is 20.3 Å². The summed E-state index contributed by atoms with van der Waals surface area (Å²) in [7, 11) is 1.99. The molecule has 2 saturated carbocycles. The van der Waals surface area contributed by atoms with Crippen molar-refractivity contribution in [2.75, 3.05) is 7.05 Å². The van der Waals surface area contributed by atoms with Crippen LogP contribution in [-0.2, 0) is 0 Å². The summed E-state index contributed by atoms with van der Waals surface area (Å²) in [6.45, 7) is 4.66. The maximum Gasteiger partial charge on any atom is 0.248 e. The molecule has 0 spiro atoms. The maximum atomic E-state index is 13.3. The normalized spacial score (nSPS) is 35.8. The van der Waals surface area contributed by atoms with Crippen LogP contribution in [0.4, 0.5) is 8.78 Å². The van der Waals surface area contributed by atoms with Gasteiger partial charge in [0.05, 0.1) is 0 Å². The zero-order chi connectivity index (χ0) is 13.4. The van der Waals surface area contributed by atoms with Gasteiger partial charge in [-0.3, -0.25) is 0 Å². The standard InChI is InChI=1S/C15H27F2N/c1-14(2)7-4-5-12(14)13(18-3)9-11-6-8-15(16,17)10-11/h11-13,18H,4-10H2,1-3H3. The summed E-state index contributed by atoms with van der Waals surface area (Å²) in [6, 6.07) is 0.418. The highest BCUT2D eigenvalue weighted by molar-refractivity contribution is 4.94. The Labute approximate surface area is 110 Å². The van der Waals surface area contributed by atoms with Crippen LogP contribution in [0.15, 0.2) is 0 Å². The Balaban J connectivity index is 1.94. The van der Waals surface area contributed by atoms with Gasteiger partial charge >= 0.3 is 0 Å². The predicted molar refractivity (Wildman–Crippen MR) is 70.9 cm³/mol. The lowest BCUT2D eigenvalue weighted by Crippen LogP contribution is -2.40. The monoisotopic (exact) mass is 259 g/mol. The number of nitrogens with one attached hydrogen (secondary N) is 1. The van der Waals surface area contributed by atoms with Gasteiger partial charge in [-0.15, -0.1) is 0 Å². The van der Waals surface area contributed by atoms with Crippen molar-refractivity contribution in [2.24, 2.45) is 17.3 Å². The van der Waals surface area contributed by atoms with Crippen LogP contribution >= 0.6 is 0 Å². The average molecular weight is 259 g/mol. The Bertz CT molecular complexity index is 288. The van der Waals surface area contributed by atoms with E-state index < -0.39 is 5.92 Å². The van der Waals surface area contributed by atoms with Crippen molar-refractivity contribution in [3.05, 3.63) is 0 Å². The van der Waals surface area contributed by atoms with Crippen molar-refractivity contribution in [3.8, 4) is 0 Å². The molecule has 2 rings (SSSR count).